The zero-order valence-electron chi connectivity index (χ0n) is 8.91. The van der Waals surface area contributed by atoms with Crippen LogP contribution in [0.15, 0.2) is 25.3 Å². The molecule has 15 heavy (non-hydrogen) atoms. The molecule has 0 amide bonds. The first-order valence-corrected chi connectivity index (χ1v) is 5.04. The minimum atomic E-state index is -0.755. The summed E-state index contributed by atoms with van der Waals surface area (Å²) in [7, 11) is 0. The highest BCUT2D eigenvalue weighted by atomic mass is 16.4. The van der Waals surface area contributed by atoms with Gasteiger partial charge in [-0.2, -0.15) is 0 Å². The summed E-state index contributed by atoms with van der Waals surface area (Å²) < 4.78 is 0. The number of carbonyl (C=O) groups is 1. The summed E-state index contributed by atoms with van der Waals surface area (Å²) in [5.41, 5.74) is -0.256. The highest BCUT2D eigenvalue weighted by molar-refractivity contribution is 5.68. The predicted molar refractivity (Wildman–Crippen MR) is 59.8 cm³/mol. The van der Waals surface area contributed by atoms with Gasteiger partial charge in [-0.3, -0.25) is 9.69 Å². The summed E-state index contributed by atoms with van der Waals surface area (Å²) >= 11 is 0. The van der Waals surface area contributed by atoms with Gasteiger partial charge in [-0.05, 0) is 0 Å². The highest BCUT2D eigenvalue weighted by Gasteiger charge is 2.43. The second kappa shape index (κ2) is 5.09. The van der Waals surface area contributed by atoms with Gasteiger partial charge in [-0.25, -0.2) is 0 Å². The minimum Gasteiger partial charge on any atom is -0.481 e. The Bertz CT molecular complexity index is 249. The summed E-state index contributed by atoms with van der Waals surface area (Å²) in [6.07, 6.45) is 3.76. The molecular weight excluding hydrogens is 192 g/mol. The van der Waals surface area contributed by atoms with Crippen molar-refractivity contribution >= 4 is 5.97 Å². The fourth-order valence-electron chi connectivity index (χ4n) is 1.93. The first-order chi connectivity index (χ1) is 7.14. The third-order valence-electron chi connectivity index (χ3n) is 2.76. The van der Waals surface area contributed by atoms with E-state index in [1.165, 1.54) is 0 Å². The molecule has 0 aromatic rings. The molecule has 1 saturated heterocycles. The SMILES string of the molecule is C=CCN(CC=C)C1(CC(=O)O)CNC1. The number of nitrogens with one attached hydrogen (secondary N) is 1. The maximum atomic E-state index is 10.8. The largest absolute Gasteiger partial charge is 0.481 e. The molecular formula is C11H18N2O2. The van der Waals surface area contributed by atoms with Gasteiger partial charge >= 0.3 is 5.97 Å². The van der Waals surface area contributed by atoms with Crippen molar-refractivity contribution in [2.45, 2.75) is 12.0 Å². The standard InChI is InChI=1S/C11H18N2O2/c1-3-5-13(6-4-2)11(7-10(14)15)8-12-9-11/h3-4,12H,1-2,5-9H2,(H,14,15). The molecule has 1 aliphatic heterocycles. The van der Waals surface area contributed by atoms with Crippen molar-refractivity contribution in [1.29, 1.82) is 0 Å². The minimum absolute atomic E-state index is 0.168. The molecule has 0 saturated carbocycles. The fraction of sp³-hybridized carbons (Fsp3) is 0.545. The van der Waals surface area contributed by atoms with Gasteiger partial charge < -0.3 is 10.4 Å². The molecule has 0 aliphatic carbocycles. The van der Waals surface area contributed by atoms with Crippen molar-refractivity contribution in [3.05, 3.63) is 25.3 Å². The van der Waals surface area contributed by atoms with Crippen LogP contribution in [-0.4, -0.2) is 47.7 Å². The van der Waals surface area contributed by atoms with E-state index in [9.17, 15) is 4.79 Å². The van der Waals surface area contributed by atoms with Gasteiger partial charge in [-0.1, -0.05) is 12.2 Å². The highest BCUT2D eigenvalue weighted by Crippen LogP contribution is 2.24. The lowest BCUT2D eigenvalue weighted by molar-refractivity contribution is -0.141. The van der Waals surface area contributed by atoms with Crippen molar-refractivity contribution in [3.63, 3.8) is 0 Å². The Morgan fingerprint density at radius 3 is 2.20 bits per heavy atom. The van der Waals surface area contributed by atoms with Gasteiger partial charge in [0.25, 0.3) is 0 Å². The van der Waals surface area contributed by atoms with Crippen LogP contribution in [0.1, 0.15) is 6.42 Å². The molecule has 4 nitrogen and oxygen atoms in total. The number of nitrogens with zero attached hydrogens (tertiary/aromatic N) is 1. The van der Waals surface area contributed by atoms with Crippen LogP contribution >= 0.6 is 0 Å². The van der Waals surface area contributed by atoms with Crippen molar-refractivity contribution in [1.82, 2.24) is 10.2 Å². The number of aliphatic carboxylic acids is 1. The Hall–Kier alpha value is -1.13. The number of carboxylic acid groups (broad SMARTS) is 1. The zero-order chi connectivity index (χ0) is 11.3. The van der Waals surface area contributed by atoms with Crippen LogP contribution in [0.5, 0.6) is 0 Å². The number of rotatable bonds is 7. The second-order valence-corrected chi connectivity index (χ2v) is 3.88. The fourth-order valence-corrected chi connectivity index (χ4v) is 1.93. The van der Waals surface area contributed by atoms with Gasteiger partial charge in [-0.15, -0.1) is 13.2 Å². The van der Waals surface area contributed by atoms with Gasteiger partial charge in [0.1, 0.15) is 0 Å². The Balaban J connectivity index is 2.70. The Morgan fingerprint density at radius 1 is 1.40 bits per heavy atom. The number of hydrogen-bond donors (Lipinski definition) is 2. The van der Waals surface area contributed by atoms with E-state index in [4.69, 9.17) is 5.11 Å². The van der Waals surface area contributed by atoms with E-state index in [0.717, 1.165) is 13.1 Å². The van der Waals surface area contributed by atoms with Crippen LogP contribution in [0.4, 0.5) is 0 Å². The molecule has 0 atom stereocenters. The van der Waals surface area contributed by atoms with E-state index < -0.39 is 5.97 Å². The molecule has 0 unspecified atom stereocenters. The molecule has 0 spiro atoms. The lowest BCUT2D eigenvalue weighted by Crippen LogP contribution is -2.69. The summed E-state index contributed by atoms with van der Waals surface area (Å²) in [6, 6.07) is 0. The molecule has 0 aromatic heterocycles. The second-order valence-electron chi connectivity index (χ2n) is 3.88. The monoisotopic (exact) mass is 210 g/mol. The van der Waals surface area contributed by atoms with E-state index >= 15 is 0 Å². The van der Waals surface area contributed by atoms with Crippen molar-refractivity contribution in [2.75, 3.05) is 26.2 Å². The Kier molecular flexibility index (Phi) is 4.05. The summed E-state index contributed by atoms with van der Waals surface area (Å²) in [6.45, 7) is 10.2. The Labute approximate surface area is 90.3 Å². The normalized spacial score (nSPS) is 18.2. The van der Waals surface area contributed by atoms with E-state index in [1.807, 2.05) is 0 Å². The average molecular weight is 210 g/mol. The summed E-state index contributed by atoms with van der Waals surface area (Å²) in [4.78, 5) is 12.9. The zero-order valence-corrected chi connectivity index (χ0v) is 8.91. The Morgan fingerprint density at radius 2 is 1.93 bits per heavy atom. The van der Waals surface area contributed by atoms with Crippen LogP contribution in [0, 0.1) is 0 Å². The van der Waals surface area contributed by atoms with Crippen LogP contribution in [0.25, 0.3) is 0 Å². The van der Waals surface area contributed by atoms with Gasteiger partial charge in [0, 0.05) is 26.2 Å². The van der Waals surface area contributed by atoms with E-state index in [2.05, 4.69) is 23.4 Å². The third-order valence-corrected chi connectivity index (χ3v) is 2.76. The molecule has 1 fully saturated rings. The van der Waals surface area contributed by atoms with Gasteiger partial charge in [0.15, 0.2) is 0 Å². The van der Waals surface area contributed by atoms with Crippen molar-refractivity contribution in [3.8, 4) is 0 Å². The average Bonchev–Trinajstić information content (AvgIpc) is 2.11. The molecule has 0 radical (unpaired) electrons. The van der Waals surface area contributed by atoms with E-state index in [0.29, 0.717) is 13.1 Å². The van der Waals surface area contributed by atoms with Crippen LogP contribution < -0.4 is 5.32 Å². The molecule has 4 heteroatoms. The molecule has 2 N–H and O–H groups in total. The maximum absolute atomic E-state index is 10.8. The molecule has 1 heterocycles. The number of carboxylic acids is 1. The molecule has 1 aliphatic rings. The number of hydrogen-bond acceptors (Lipinski definition) is 3. The first-order valence-electron chi connectivity index (χ1n) is 5.04. The summed E-state index contributed by atoms with van der Waals surface area (Å²) in [5.74, 6) is -0.755. The van der Waals surface area contributed by atoms with Crippen molar-refractivity contribution < 1.29 is 9.90 Å². The van der Waals surface area contributed by atoms with Gasteiger partial charge in [0.2, 0.25) is 0 Å². The van der Waals surface area contributed by atoms with Crippen LogP contribution in [0.2, 0.25) is 0 Å². The molecule has 84 valence electrons. The lowest BCUT2D eigenvalue weighted by Gasteiger charge is -2.49. The third kappa shape index (κ3) is 2.67. The topological polar surface area (TPSA) is 52.6 Å². The maximum Gasteiger partial charge on any atom is 0.305 e. The molecule has 1 rings (SSSR count). The predicted octanol–water partition coefficient (Wildman–Crippen LogP) is 0.477. The first kappa shape index (κ1) is 11.9. The van der Waals surface area contributed by atoms with Gasteiger partial charge in [0.05, 0.1) is 12.0 Å². The lowest BCUT2D eigenvalue weighted by atomic mass is 9.86. The smallest absolute Gasteiger partial charge is 0.305 e. The van der Waals surface area contributed by atoms with Crippen LogP contribution in [0.3, 0.4) is 0 Å². The van der Waals surface area contributed by atoms with Crippen molar-refractivity contribution in [2.24, 2.45) is 0 Å². The molecule has 0 aromatic carbocycles. The quantitative estimate of drug-likeness (QED) is 0.600. The van der Waals surface area contributed by atoms with E-state index in [1.54, 1.807) is 12.2 Å². The van der Waals surface area contributed by atoms with E-state index in [-0.39, 0.29) is 12.0 Å². The molecule has 0 bridgehead atoms. The summed E-state index contributed by atoms with van der Waals surface area (Å²) in [5, 5.41) is 12.0. The van der Waals surface area contributed by atoms with Crippen LogP contribution in [-0.2, 0) is 4.79 Å².